The van der Waals surface area contributed by atoms with E-state index in [1.807, 2.05) is 29.3 Å². The van der Waals surface area contributed by atoms with E-state index < -0.39 is 0 Å². The number of ether oxygens (including phenoxy) is 1. The van der Waals surface area contributed by atoms with Gasteiger partial charge >= 0.3 is 6.09 Å². The Bertz CT molecular complexity index is 985. The van der Waals surface area contributed by atoms with E-state index in [2.05, 4.69) is 4.98 Å². The van der Waals surface area contributed by atoms with Crippen LogP contribution in [0.3, 0.4) is 0 Å². The number of halogens is 1. The smallest absolute Gasteiger partial charge is 0.409 e. The van der Waals surface area contributed by atoms with Crippen LogP contribution in [0.15, 0.2) is 28.6 Å². The lowest BCUT2D eigenvalue weighted by Crippen LogP contribution is -2.40. The number of methoxy groups -OCH3 is 1. The molecule has 7 nitrogen and oxygen atoms in total. The first-order valence-corrected chi connectivity index (χ1v) is 12.3. The van der Waals surface area contributed by atoms with E-state index in [1.54, 1.807) is 28.0 Å². The fraction of sp³-hybridized carbons (Fsp3) is 0.476. The number of nitrogens with two attached hydrogens (primary N) is 1. The first kappa shape index (κ1) is 22.4. The van der Waals surface area contributed by atoms with Gasteiger partial charge in [-0.05, 0) is 43.1 Å². The fourth-order valence-electron chi connectivity index (χ4n) is 4.29. The third-order valence-electron chi connectivity index (χ3n) is 5.80. The van der Waals surface area contributed by atoms with E-state index in [9.17, 15) is 9.59 Å². The fourth-order valence-corrected chi connectivity index (χ4v) is 6.52. The Morgan fingerprint density at radius 2 is 2.23 bits per heavy atom. The topological polar surface area (TPSA) is 88.8 Å². The van der Waals surface area contributed by atoms with Crippen LogP contribution in [-0.2, 0) is 21.4 Å². The molecule has 1 aromatic carbocycles. The number of thiazole rings is 1. The van der Waals surface area contributed by atoms with Gasteiger partial charge in [0.1, 0.15) is 5.01 Å². The minimum atomic E-state index is -0.340. The third-order valence-corrected chi connectivity index (χ3v) is 8.31. The summed E-state index contributed by atoms with van der Waals surface area (Å²) < 4.78 is 6.01. The summed E-state index contributed by atoms with van der Waals surface area (Å²) in [7, 11) is 1.39. The molecule has 31 heavy (non-hydrogen) atoms. The van der Waals surface area contributed by atoms with Crippen LogP contribution in [0.25, 0.3) is 0 Å². The molecule has 10 heteroatoms. The molecule has 1 saturated heterocycles. The summed E-state index contributed by atoms with van der Waals surface area (Å²) in [5.41, 5.74) is 7.12. The molecule has 2 aromatic rings. The Labute approximate surface area is 194 Å². The molecule has 0 bridgehead atoms. The molecular weight excluding hydrogens is 456 g/mol. The zero-order chi connectivity index (χ0) is 22.0. The second-order valence-corrected chi connectivity index (χ2v) is 10.8. The van der Waals surface area contributed by atoms with Crippen molar-refractivity contribution < 1.29 is 14.3 Å². The molecule has 1 atom stereocenters. The molecule has 0 aliphatic carbocycles. The first-order chi connectivity index (χ1) is 15.0. The maximum atomic E-state index is 13.3. The number of amides is 2. The summed E-state index contributed by atoms with van der Waals surface area (Å²) in [6, 6.07) is 5.64. The highest BCUT2D eigenvalue weighted by Crippen LogP contribution is 2.47. The predicted molar refractivity (Wildman–Crippen MR) is 124 cm³/mol. The number of hydrogen-bond donors (Lipinski definition) is 1. The van der Waals surface area contributed by atoms with Gasteiger partial charge in [0.15, 0.2) is 0 Å². The summed E-state index contributed by atoms with van der Waals surface area (Å²) in [5.74, 6) is 0.954. The number of carbonyl (C=O) groups excluding carboxylic acids is 2. The molecular formula is C21H25ClN4O3S2. The molecule has 2 amide bonds. The van der Waals surface area contributed by atoms with Crippen molar-refractivity contribution in [2.45, 2.75) is 28.9 Å². The molecule has 2 aliphatic rings. The lowest BCUT2D eigenvalue weighted by molar-refractivity contribution is -0.118. The maximum absolute atomic E-state index is 13.3. The lowest BCUT2D eigenvalue weighted by Gasteiger charge is -2.25. The van der Waals surface area contributed by atoms with Gasteiger partial charge in [-0.25, -0.2) is 9.78 Å². The van der Waals surface area contributed by atoms with Crippen LogP contribution < -0.4 is 10.6 Å². The van der Waals surface area contributed by atoms with Crippen LogP contribution in [0.5, 0.6) is 0 Å². The van der Waals surface area contributed by atoms with Crippen LogP contribution in [-0.4, -0.2) is 60.9 Å². The van der Waals surface area contributed by atoms with Crippen molar-refractivity contribution in [3.8, 4) is 0 Å². The van der Waals surface area contributed by atoms with Gasteiger partial charge in [0.2, 0.25) is 5.91 Å². The molecule has 1 spiro atoms. The third kappa shape index (κ3) is 4.55. The van der Waals surface area contributed by atoms with Crippen molar-refractivity contribution in [2.75, 3.05) is 43.9 Å². The minimum absolute atomic E-state index is 0.00447. The minimum Gasteiger partial charge on any atom is -0.453 e. The average Bonchev–Trinajstić information content (AvgIpc) is 3.47. The van der Waals surface area contributed by atoms with Gasteiger partial charge in [0.05, 0.1) is 23.9 Å². The largest absolute Gasteiger partial charge is 0.453 e. The van der Waals surface area contributed by atoms with E-state index in [1.165, 1.54) is 7.11 Å². The highest BCUT2D eigenvalue weighted by Gasteiger charge is 2.50. The van der Waals surface area contributed by atoms with Gasteiger partial charge in [-0.3, -0.25) is 4.79 Å². The van der Waals surface area contributed by atoms with E-state index in [0.717, 1.165) is 39.1 Å². The van der Waals surface area contributed by atoms with Crippen molar-refractivity contribution in [2.24, 2.45) is 5.73 Å². The van der Waals surface area contributed by atoms with Crippen LogP contribution in [0.4, 0.5) is 10.5 Å². The highest BCUT2D eigenvalue weighted by molar-refractivity contribution is 8.01. The summed E-state index contributed by atoms with van der Waals surface area (Å²) >= 11 is 9.58. The number of rotatable bonds is 6. The van der Waals surface area contributed by atoms with Gasteiger partial charge < -0.3 is 20.3 Å². The summed E-state index contributed by atoms with van der Waals surface area (Å²) in [6.45, 7) is 2.30. The Hall–Kier alpha value is -1.81. The Balaban J connectivity index is 1.52. The molecule has 1 fully saturated rings. The highest BCUT2D eigenvalue weighted by atomic mass is 35.5. The zero-order valence-corrected chi connectivity index (χ0v) is 19.7. The van der Waals surface area contributed by atoms with Gasteiger partial charge in [-0.1, -0.05) is 11.6 Å². The molecule has 0 saturated carbocycles. The van der Waals surface area contributed by atoms with Gasteiger partial charge in [0.25, 0.3) is 0 Å². The number of likely N-dealkylation sites (tertiary alicyclic amines) is 1. The number of fused-ring (bicyclic) bond motifs is 2. The van der Waals surface area contributed by atoms with E-state index in [-0.39, 0.29) is 23.8 Å². The molecule has 4 rings (SSSR count). The van der Waals surface area contributed by atoms with Crippen LogP contribution in [0, 0.1) is 0 Å². The molecule has 2 N–H and O–H groups in total. The van der Waals surface area contributed by atoms with Crippen LogP contribution in [0.1, 0.15) is 23.4 Å². The number of thioether (sulfide) groups is 1. The standard InChI is InChI=1S/C21H25ClN4O3S2/c1-29-20(28)25-7-5-21(12-25)13-26(16-4-3-14(22)9-15(16)21)18(27)10-17-24-11-19(31-17)30-8-2-6-23/h3-4,9,11H,2,5-8,10,12-13,23H2,1H3. The predicted octanol–water partition coefficient (Wildman–Crippen LogP) is 3.54. The second-order valence-electron chi connectivity index (χ2n) is 7.80. The lowest BCUT2D eigenvalue weighted by atomic mass is 9.81. The molecule has 166 valence electrons. The first-order valence-electron chi connectivity index (χ1n) is 10.2. The van der Waals surface area contributed by atoms with Crippen LogP contribution >= 0.6 is 34.7 Å². The SMILES string of the molecule is COC(=O)N1CCC2(C1)CN(C(=O)Cc1ncc(SCCCN)s1)c1ccc(Cl)cc12. The van der Waals surface area contributed by atoms with Crippen molar-refractivity contribution >= 4 is 52.4 Å². The average molecular weight is 481 g/mol. The normalized spacial score (nSPS) is 19.8. The Morgan fingerprint density at radius 3 is 3.00 bits per heavy atom. The van der Waals surface area contributed by atoms with Crippen molar-refractivity contribution in [3.05, 3.63) is 40.0 Å². The summed E-state index contributed by atoms with van der Waals surface area (Å²) in [6.07, 6.45) is 3.46. The second kappa shape index (κ2) is 9.36. The molecule has 1 aromatic heterocycles. The van der Waals surface area contributed by atoms with Crippen molar-refractivity contribution in [1.29, 1.82) is 0 Å². The number of hydrogen-bond acceptors (Lipinski definition) is 7. The molecule has 1 unspecified atom stereocenters. The Kier molecular flexibility index (Phi) is 6.76. The number of benzene rings is 1. The molecule has 3 heterocycles. The zero-order valence-electron chi connectivity index (χ0n) is 17.3. The van der Waals surface area contributed by atoms with Gasteiger partial charge in [0, 0.05) is 41.5 Å². The number of nitrogens with zero attached hydrogens (tertiary/aromatic N) is 3. The Morgan fingerprint density at radius 1 is 1.39 bits per heavy atom. The van der Waals surface area contributed by atoms with E-state index in [4.69, 9.17) is 22.1 Å². The van der Waals surface area contributed by atoms with Crippen molar-refractivity contribution in [1.82, 2.24) is 9.88 Å². The number of anilines is 1. The van der Waals surface area contributed by atoms with Crippen LogP contribution in [0.2, 0.25) is 5.02 Å². The molecule has 0 radical (unpaired) electrons. The summed E-state index contributed by atoms with van der Waals surface area (Å²) in [5, 5.41) is 1.43. The number of carbonyl (C=O) groups is 2. The van der Waals surface area contributed by atoms with Gasteiger partial charge in [-0.2, -0.15) is 0 Å². The van der Waals surface area contributed by atoms with Crippen molar-refractivity contribution in [3.63, 3.8) is 0 Å². The van der Waals surface area contributed by atoms with E-state index >= 15 is 0 Å². The van der Waals surface area contributed by atoms with E-state index in [0.29, 0.717) is 31.2 Å². The number of aromatic nitrogens is 1. The van der Waals surface area contributed by atoms with Gasteiger partial charge in [-0.15, -0.1) is 23.1 Å². The molecule has 2 aliphatic heterocycles. The monoisotopic (exact) mass is 480 g/mol. The quantitative estimate of drug-likeness (QED) is 0.502. The maximum Gasteiger partial charge on any atom is 0.409 e. The summed E-state index contributed by atoms with van der Waals surface area (Å²) in [4.78, 5) is 33.3.